The summed E-state index contributed by atoms with van der Waals surface area (Å²) in [6, 6.07) is 3.69. The standard InChI is InChI=1S/C23H22F5N7O3/c24-14-2-1-3-15(25)19(14)34-22(37)35-8-5-12(6-9-35)18-13(10-31-21(29)33-18)16(36)11-38-17-4-7-30-20(32-17)23(26,27)28/h1-4,7,10,12,16,36H,5-6,8-9,11H2,(H,34,37)(H2,29,31,33). The largest absolute Gasteiger partial charge is 0.474 e. The minimum Gasteiger partial charge on any atom is -0.474 e. The molecule has 1 aromatic carbocycles. The number of halogens is 5. The number of likely N-dealkylation sites (tertiary alicyclic amines) is 1. The van der Waals surface area contributed by atoms with Crippen LogP contribution >= 0.6 is 0 Å². The van der Waals surface area contributed by atoms with E-state index in [-0.39, 0.29) is 36.4 Å². The number of carbonyl (C=O) groups is 1. The number of aliphatic hydroxyl groups excluding tert-OH is 1. The third-order valence-corrected chi connectivity index (χ3v) is 5.86. The number of amides is 2. The Kier molecular flexibility index (Phi) is 7.85. The first-order valence-electron chi connectivity index (χ1n) is 11.4. The number of nitrogens with two attached hydrogens (primary N) is 1. The molecule has 1 fully saturated rings. The number of urea groups is 1. The van der Waals surface area contributed by atoms with Crippen molar-refractivity contribution in [3.63, 3.8) is 0 Å². The second-order valence-electron chi connectivity index (χ2n) is 8.40. The Labute approximate surface area is 212 Å². The molecule has 3 aromatic rings. The zero-order valence-electron chi connectivity index (χ0n) is 19.6. The van der Waals surface area contributed by atoms with Crippen molar-refractivity contribution in [3.8, 4) is 5.88 Å². The molecular formula is C23H22F5N7O3. The molecule has 10 nitrogen and oxygen atoms in total. The maximum absolute atomic E-state index is 13.9. The van der Waals surface area contributed by atoms with Gasteiger partial charge in [0.2, 0.25) is 17.7 Å². The number of nitrogens with one attached hydrogen (secondary N) is 1. The number of alkyl halides is 3. The van der Waals surface area contributed by atoms with E-state index in [0.29, 0.717) is 18.5 Å². The molecule has 1 saturated heterocycles. The smallest absolute Gasteiger partial charge is 0.451 e. The van der Waals surface area contributed by atoms with Crippen molar-refractivity contribution >= 4 is 17.7 Å². The number of aliphatic hydroxyl groups is 1. The summed E-state index contributed by atoms with van der Waals surface area (Å²) in [7, 11) is 0. The lowest BCUT2D eigenvalue weighted by atomic mass is 9.89. The van der Waals surface area contributed by atoms with Gasteiger partial charge < -0.3 is 25.8 Å². The third kappa shape index (κ3) is 6.22. The van der Waals surface area contributed by atoms with Gasteiger partial charge in [-0.1, -0.05) is 6.07 Å². The Morgan fingerprint density at radius 3 is 2.50 bits per heavy atom. The fraction of sp³-hybridized carbons (Fsp3) is 0.348. The van der Waals surface area contributed by atoms with Crippen LogP contribution in [0.4, 0.5) is 38.4 Å². The highest BCUT2D eigenvalue weighted by Gasteiger charge is 2.35. The fourth-order valence-corrected chi connectivity index (χ4v) is 3.97. The van der Waals surface area contributed by atoms with Crippen molar-refractivity contribution in [3.05, 3.63) is 65.4 Å². The van der Waals surface area contributed by atoms with E-state index in [0.717, 1.165) is 24.4 Å². The Bertz CT molecular complexity index is 1280. The van der Waals surface area contributed by atoms with Crippen LogP contribution in [0.2, 0.25) is 0 Å². The van der Waals surface area contributed by atoms with E-state index < -0.39 is 48.1 Å². The summed E-state index contributed by atoms with van der Waals surface area (Å²) in [6.07, 6.45) is -3.14. The first-order chi connectivity index (χ1) is 18.0. The number of ether oxygens (including phenoxy) is 1. The van der Waals surface area contributed by atoms with Crippen molar-refractivity contribution in [1.82, 2.24) is 24.8 Å². The van der Waals surface area contributed by atoms with Crippen molar-refractivity contribution in [2.24, 2.45) is 0 Å². The molecule has 1 atom stereocenters. The number of nitrogen functional groups attached to an aromatic ring is 1. The number of nitrogens with zero attached hydrogens (tertiary/aromatic N) is 5. The van der Waals surface area contributed by atoms with Crippen LogP contribution < -0.4 is 15.8 Å². The summed E-state index contributed by atoms with van der Waals surface area (Å²) >= 11 is 0. The number of para-hydroxylation sites is 1. The zero-order chi connectivity index (χ0) is 27.4. The molecule has 15 heteroatoms. The van der Waals surface area contributed by atoms with Crippen LogP contribution in [0, 0.1) is 11.6 Å². The highest BCUT2D eigenvalue weighted by molar-refractivity contribution is 5.89. The van der Waals surface area contributed by atoms with Gasteiger partial charge >= 0.3 is 12.2 Å². The normalized spacial score (nSPS) is 15.3. The maximum atomic E-state index is 13.9. The predicted molar refractivity (Wildman–Crippen MR) is 123 cm³/mol. The molecule has 1 aliphatic rings. The minimum atomic E-state index is -4.76. The van der Waals surface area contributed by atoms with Crippen LogP contribution in [-0.2, 0) is 6.18 Å². The van der Waals surface area contributed by atoms with Crippen LogP contribution in [0.25, 0.3) is 0 Å². The summed E-state index contributed by atoms with van der Waals surface area (Å²) in [5, 5.41) is 13.0. The second-order valence-corrected chi connectivity index (χ2v) is 8.40. The molecule has 4 N–H and O–H groups in total. The molecule has 4 rings (SSSR count). The Morgan fingerprint density at radius 2 is 1.84 bits per heavy atom. The van der Waals surface area contributed by atoms with Gasteiger partial charge in [-0.15, -0.1) is 0 Å². The quantitative estimate of drug-likeness (QED) is 0.404. The fourth-order valence-electron chi connectivity index (χ4n) is 3.97. The monoisotopic (exact) mass is 539 g/mol. The number of anilines is 2. The molecule has 0 bridgehead atoms. The van der Waals surface area contributed by atoms with Gasteiger partial charge in [-0.05, 0) is 25.0 Å². The van der Waals surface area contributed by atoms with Gasteiger partial charge in [0.15, 0.2) is 0 Å². The minimum absolute atomic E-state index is 0.0577. The number of benzene rings is 1. The molecule has 2 aromatic heterocycles. The van der Waals surface area contributed by atoms with E-state index in [9.17, 15) is 31.9 Å². The molecular weight excluding hydrogens is 517 g/mol. The van der Waals surface area contributed by atoms with Crippen LogP contribution in [0.3, 0.4) is 0 Å². The molecule has 0 saturated carbocycles. The SMILES string of the molecule is Nc1ncc(C(O)COc2ccnc(C(F)(F)F)n2)c(C2CCN(C(=O)Nc3c(F)cccc3F)CC2)n1. The van der Waals surface area contributed by atoms with Crippen molar-refractivity contribution < 1.29 is 36.6 Å². The van der Waals surface area contributed by atoms with E-state index in [4.69, 9.17) is 10.5 Å². The number of rotatable bonds is 6. The van der Waals surface area contributed by atoms with Gasteiger partial charge in [0.25, 0.3) is 0 Å². The first-order valence-corrected chi connectivity index (χ1v) is 11.4. The van der Waals surface area contributed by atoms with Gasteiger partial charge in [0, 0.05) is 43.0 Å². The molecule has 0 aliphatic carbocycles. The van der Waals surface area contributed by atoms with E-state index in [1.165, 1.54) is 17.2 Å². The lowest BCUT2D eigenvalue weighted by molar-refractivity contribution is -0.145. The molecule has 3 heterocycles. The van der Waals surface area contributed by atoms with Gasteiger partial charge in [-0.3, -0.25) is 0 Å². The van der Waals surface area contributed by atoms with Gasteiger partial charge in [0.05, 0.1) is 5.69 Å². The highest BCUT2D eigenvalue weighted by atomic mass is 19.4. The summed E-state index contributed by atoms with van der Waals surface area (Å²) in [4.78, 5) is 28.5. The number of hydrogen-bond acceptors (Lipinski definition) is 8. The van der Waals surface area contributed by atoms with Gasteiger partial charge in [0.1, 0.15) is 30.0 Å². The lowest BCUT2D eigenvalue weighted by Crippen LogP contribution is -2.41. The van der Waals surface area contributed by atoms with E-state index in [1.807, 2.05) is 0 Å². The average molecular weight is 539 g/mol. The lowest BCUT2D eigenvalue weighted by Gasteiger charge is -2.33. The second kappa shape index (κ2) is 11.1. The summed E-state index contributed by atoms with van der Waals surface area (Å²) in [6.45, 7) is -0.0304. The molecule has 2 amide bonds. The van der Waals surface area contributed by atoms with E-state index >= 15 is 0 Å². The highest BCUT2D eigenvalue weighted by Crippen LogP contribution is 2.33. The molecule has 1 unspecified atom stereocenters. The number of hydrogen-bond donors (Lipinski definition) is 3. The topological polar surface area (TPSA) is 139 Å². The zero-order valence-corrected chi connectivity index (χ0v) is 19.6. The Balaban J connectivity index is 1.41. The third-order valence-electron chi connectivity index (χ3n) is 5.86. The molecule has 202 valence electrons. The van der Waals surface area contributed by atoms with Crippen LogP contribution in [-0.4, -0.2) is 55.7 Å². The van der Waals surface area contributed by atoms with Gasteiger partial charge in [-0.25, -0.2) is 28.5 Å². The molecule has 0 spiro atoms. The summed E-state index contributed by atoms with van der Waals surface area (Å²) in [5.41, 5.74) is 5.85. The number of aromatic nitrogens is 4. The van der Waals surface area contributed by atoms with E-state index in [1.54, 1.807) is 0 Å². The average Bonchev–Trinajstić information content (AvgIpc) is 2.89. The maximum Gasteiger partial charge on any atom is 0.451 e. The Hall–Kier alpha value is -4.14. The van der Waals surface area contributed by atoms with E-state index in [2.05, 4.69) is 25.3 Å². The van der Waals surface area contributed by atoms with Crippen molar-refractivity contribution in [2.45, 2.75) is 31.0 Å². The predicted octanol–water partition coefficient (Wildman–Crippen LogP) is 3.67. The van der Waals surface area contributed by atoms with Gasteiger partial charge in [-0.2, -0.15) is 18.2 Å². The number of carbonyl (C=O) groups excluding carboxylic acids is 1. The number of piperidine rings is 1. The molecule has 38 heavy (non-hydrogen) atoms. The summed E-state index contributed by atoms with van der Waals surface area (Å²) in [5.74, 6) is -3.89. The molecule has 1 aliphatic heterocycles. The van der Waals surface area contributed by atoms with Crippen LogP contribution in [0.5, 0.6) is 5.88 Å². The van der Waals surface area contributed by atoms with Crippen LogP contribution in [0.15, 0.2) is 36.7 Å². The van der Waals surface area contributed by atoms with Crippen molar-refractivity contribution in [2.75, 3.05) is 30.7 Å². The Morgan fingerprint density at radius 1 is 1.16 bits per heavy atom. The first kappa shape index (κ1) is 26.9. The summed E-state index contributed by atoms with van der Waals surface area (Å²) < 4.78 is 71.5. The van der Waals surface area contributed by atoms with Crippen LogP contribution in [0.1, 0.15) is 41.9 Å². The van der Waals surface area contributed by atoms with Crippen molar-refractivity contribution in [1.29, 1.82) is 0 Å². The molecule has 0 radical (unpaired) electrons.